The Balaban J connectivity index is 1.79. The van der Waals surface area contributed by atoms with Crippen molar-refractivity contribution in [1.82, 2.24) is 0 Å². The standard InChI is InChI=1S/C18H20ClNO2/c1-13-12-15(19)8-11-17(13)20-18(21)5-3-4-14-6-9-16(22-2)10-7-14/h6-12H,3-5H2,1-2H3,(H,20,21). The number of benzene rings is 2. The second-order valence-electron chi connectivity index (χ2n) is 5.21. The summed E-state index contributed by atoms with van der Waals surface area (Å²) in [4.78, 5) is 12.0. The minimum atomic E-state index is 0.0268. The second-order valence-corrected chi connectivity index (χ2v) is 5.65. The van der Waals surface area contributed by atoms with Gasteiger partial charge in [0.05, 0.1) is 7.11 Å². The summed E-state index contributed by atoms with van der Waals surface area (Å²) in [7, 11) is 1.65. The SMILES string of the molecule is COc1ccc(CCCC(=O)Nc2ccc(Cl)cc2C)cc1. The van der Waals surface area contributed by atoms with E-state index in [0.717, 1.165) is 29.8 Å². The van der Waals surface area contributed by atoms with Crippen LogP contribution in [0.15, 0.2) is 42.5 Å². The van der Waals surface area contributed by atoms with Gasteiger partial charge in [0.1, 0.15) is 5.75 Å². The minimum absolute atomic E-state index is 0.0268. The second kappa shape index (κ2) is 7.85. The number of nitrogens with one attached hydrogen (secondary N) is 1. The number of hydrogen-bond acceptors (Lipinski definition) is 2. The van der Waals surface area contributed by atoms with Crippen LogP contribution in [0, 0.1) is 6.92 Å². The molecule has 2 aromatic carbocycles. The van der Waals surface area contributed by atoms with Crippen molar-refractivity contribution >= 4 is 23.2 Å². The van der Waals surface area contributed by atoms with E-state index in [4.69, 9.17) is 16.3 Å². The first-order valence-electron chi connectivity index (χ1n) is 7.27. The van der Waals surface area contributed by atoms with Gasteiger partial charge in [-0.2, -0.15) is 0 Å². The molecule has 4 heteroatoms. The van der Waals surface area contributed by atoms with Crippen molar-refractivity contribution in [3.8, 4) is 5.75 Å². The zero-order valence-corrected chi connectivity index (χ0v) is 13.6. The molecule has 0 aliphatic heterocycles. The minimum Gasteiger partial charge on any atom is -0.497 e. The normalized spacial score (nSPS) is 10.3. The highest BCUT2D eigenvalue weighted by atomic mass is 35.5. The molecule has 0 heterocycles. The van der Waals surface area contributed by atoms with Gasteiger partial charge in [0.25, 0.3) is 0 Å². The monoisotopic (exact) mass is 317 g/mol. The van der Waals surface area contributed by atoms with E-state index in [1.165, 1.54) is 5.56 Å². The van der Waals surface area contributed by atoms with Gasteiger partial charge in [-0.1, -0.05) is 23.7 Å². The number of rotatable bonds is 6. The van der Waals surface area contributed by atoms with Crippen LogP contribution in [0.2, 0.25) is 5.02 Å². The highest BCUT2D eigenvalue weighted by Gasteiger charge is 2.05. The highest BCUT2D eigenvalue weighted by Crippen LogP contribution is 2.20. The van der Waals surface area contributed by atoms with Crippen molar-refractivity contribution < 1.29 is 9.53 Å². The van der Waals surface area contributed by atoms with Gasteiger partial charge in [-0.3, -0.25) is 4.79 Å². The van der Waals surface area contributed by atoms with Crippen molar-refractivity contribution in [3.63, 3.8) is 0 Å². The molecular formula is C18H20ClNO2. The van der Waals surface area contributed by atoms with Crippen molar-refractivity contribution in [3.05, 3.63) is 58.6 Å². The van der Waals surface area contributed by atoms with E-state index in [-0.39, 0.29) is 5.91 Å². The Hall–Kier alpha value is -2.00. The molecule has 22 heavy (non-hydrogen) atoms. The molecule has 0 fully saturated rings. The summed E-state index contributed by atoms with van der Waals surface area (Å²) in [5, 5.41) is 3.60. The number of aryl methyl sites for hydroxylation is 2. The lowest BCUT2D eigenvalue weighted by atomic mass is 10.1. The molecule has 0 saturated heterocycles. The Morgan fingerprint density at radius 1 is 1.18 bits per heavy atom. The first-order chi connectivity index (χ1) is 10.6. The van der Waals surface area contributed by atoms with Crippen LogP contribution in [0.5, 0.6) is 5.75 Å². The van der Waals surface area contributed by atoms with Crippen molar-refractivity contribution in [1.29, 1.82) is 0 Å². The average molecular weight is 318 g/mol. The maximum absolute atomic E-state index is 12.0. The summed E-state index contributed by atoms with van der Waals surface area (Å²) < 4.78 is 5.12. The summed E-state index contributed by atoms with van der Waals surface area (Å²) in [5.74, 6) is 0.874. The third-order valence-corrected chi connectivity index (χ3v) is 3.73. The molecule has 0 aliphatic carbocycles. The Labute approximate surface area is 136 Å². The number of carbonyl (C=O) groups excluding carboxylic acids is 1. The summed E-state index contributed by atoms with van der Waals surface area (Å²) >= 11 is 5.90. The summed E-state index contributed by atoms with van der Waals surface area (Å²) in [6.07, 6.45) is 2.18. The van der Waals surface area contributed by atoms with E-state index in [1.807, 2.05) is 43.3 Å². The maximum atomic E-state index is 12.0. The van der Waals surface area contributed by atoms with Gasteiger partial charge in [-0.25, -0.2) is 0 Å². The van der Waals surface area contributed by atoms with E-state index in [0.29, 0.717) is 11.4 Å². The Kier molecular flexibility index (Phi) is 5.84. The number of halogens is 1. The third-order valence-electron chi connectivity index (χ3n) is 3.49. The highest BCUT2D eigenvalue weighted by molar-refractivity contribution is 6.30. The predicted octanol–water partition coefficient (Wildman–Crippen LogP) is 4.62. The van der Waals surface area contributed by atoms with Gasteiger partial charge >= 0.3 is 0 Å². The molecule has 2 rings (SSSR count). The summed E-state index contributed by atoms with van der Waals surface area (Å²) in [6.45, 7) is 1.93. The number of amides is 1. The zero-order chi connectivity index (χ0) is 15.9. The van der Waals surface area contributed by atoms with E-state index < -0.39 is 0 Å². The van der Waals surface area contributed by atoms with Crippen molar-refractivity contribution in [2.75, 3.05) is 12.4 Å². The molecule has 1 amide bonds. The average Bonchev–Trinajstić information content (AvgIpc) is 2.51. The number of methoxy groups -OCH3 is 1. The molecule has 0 unspecified atom stereocenters. The smallest absolute Gasteiger partial charge is 0.224 e. The van der Waals surface area contributed by atoms with Gasteiger partial charge in [0.15, 0.2) is 0 Å². The topological polar surface area (TPSA) is 38.3 Å². The first kappa shape index (κ1) is 16.4. The van der Waals surface area contributed by atoms with E-state index in [1.54, 1.807) is 13.2 Å². The molecular weight excluding hydrogens is 298 g/mol. The van der Waals surface area contributed by atoms with Gasteiger partial charge < -0.3 is 10.1 Å². The quantitative estimate of drug-likeness (QED) is 0.844. The van der Waals surface area contributed by atoms with Crippen LogP contribution < -0.4 is 10.1 Å². The van der Waals surface area contributed by atoms with Crippen molar-refractivity contribution in [2.24, 2.45) is 0 Å². The van der Waals surface area contributed by atoms with Crippen LogP contribution in [0.3, 0.4) is 0 Å². The van der Waals surface area contributed by atoms with Gasteiger partial charge in [-0.15, -0.1) is 0 Å². The van der Waals surface area contributed by atoms with Crippen LogP contribution in [-0.2, 0) is 11.2 Å². The summed E-state index contributed by atoms with van der Waals surface area (Å²) in [6, 6.07) is 13.4. The van der Waals surface area contributed by atoms with Crippen LogP contribution >= 0.6 is 11.6 Å². The molecule has 0 spiro atoms. The lowest BCUT2D eigenvalue weighted by molar-refractivity contribution is -0.116. The number of anilines is 1. The van der Waals surface area contributed by atoms with E-state index in [2.05, 4.69) is 5.32 Å². The Morgan fingerprint density at radius 2 is 1.91 bits per heavy atom. The molecule has 3 nitrogen and oxygen atoms in total. The lowest BCUT2D eigenvalue weighted by Gasteiger charge is -2.09. The molecule has 0 atom stereocenters. The molecule has 116 valence electrons. The van der Waals surface area contributed by atoms with Crippen molar-refractivity contribution in [2.45, 2.75) is 26.2 Å². The van der Waals surface area contributed by atoms with Gasteiger partial charge in [-0.05, 0) is 61.2 Å². The molecule has 2 aromatic rings. The van der Waals surface area contributed by atoms with Gasteiger partial charge in [0.2, 0.25) is 5.91 Å². The lowest BCUT2D eigenvalue weighted by Crippen LogP contribution is -2.12. The zero-order valence-electron chi connectivity index (χ0n) is 12.9. The number of carbonyl (C=O) groups is 1. The third kappa shape index (κ3) is 4.78. The number of ether oxygens (including phenoxy) is 1. The number of hydrogen-bond donors (Lipinski definition) is 1. The fourth-order valence-corrected chi connectivity index (χ4v) is 2.45. The fraction of sp³-hybridized carbons (Fsp3) is 0.278. The fourth-order valence-electron chi connectivity index (χ4n) is 2.23. The summed E-state index contributed by atoms with van der Waals surface area (Å²) in [5.41, 5.74) is 2.99. The molecule has 1 N–H and O–H groups in total. The van der Waals surface area contributed by atoms with E-state index in [9.17, 15) is 4.79 Å². The molecule has 0 aromatic heterocycles. The Bertz CT molecular complexity index is 638. The first-order valence-corrected chi connectivity index (χ1v) is 7.65. The van der Waals surface area contributed by atoms with Gasteiger partial charge in [0, 0.05) is 17.1 Å². The van der Waals surface area contributed by atoms with Crippen LogP contribution in [0.25, 0.3) is 0 Å². The molecule has 0 saturated carbocycles. The Morgan fingerprint density at radius 3 is 2.55 bits per heavy atom. The molecule has 0 radical (unpaired) electrons. The van der Waals surface area contributed by atoms with E-state index >= 15 is 0 Å². The molecule has 0 aliphatic rings. The largest absolute Gasteiger partial charge is 0.497 e. The van der Waals surface area contributed by atoms with Crippen LogP contribution in [0.1, 0.15) is 24.0 Å². The predicted molar refractivity (Wildman–Crippen MR) is 90.8 cm³/mol. The molecule has 0 bridgehead atoms. The van der Waals surface area contributed by atoms with Crippen LogP contribution in [0.4, 0.5) is 5.69 Å². The van der Waals surface area contributed by atoms with Crippen LogP contribution in [-0.4, -0.2) is 13.0 Å². The maximum Gasteiger partial charge on any atom is 0.224 e.